The van der Waals surface area contributed by atoms with Crippen molar-refractivity contribution >= 4 is 12.4 Å². The molecule has 4 heteroatoms. The maximum absolute atomic E-state index is 4.44. The fraction of sp³-hybridized carbons (Fsp3) is 0.444. The number of aromatic amines is 2. The lowest BCUT2D eigenvalue weighted by atomic mass is 10.2. The van der Waals surface area contributed by atoms with Gasteiger partial charge in [0, 0.05) is 36.9 Å². The molecule has 0 radical (unpaired) electrons. The van der Waals surface area contributed by atoms with Crippen molar-refractivity contribution in [3.63, 3.8) is 0 Å². The Balaban J connectivity index is 1.47. The molecule has 2 N–H and O–H groups in total. The molecule has 0 bridgehead atoms. The summed E-state index contributed by atoms with van der Waals surface area (Å²) >= 11 is 0. The first-order valence-corrected chi connectivity index (χ1v) is 8.05. The standard InChI is InChI=1S/C18H26N4/c1-15-7-9-17(21-15)13-19-11-5-3-4-6-12-20-14-18-10-8-16(2)22-18/h7-10,13-14,21-22H,3-6,11-12H2,1-2H3. The van der Waals surface area contributed by atoms with Crippen LogP contribution in [0, 0.1) is 13.8 Å². The Kier molecular flexibility index (Phi) is 6.68. The van der Waals surface area contributed by atoms with E-state index in [-0.39, 0.29) is 0 Å². The predicted molar refractivity (Wildman–Crippen MR) is 94.4 cm³/mol. The second-order valence-electron chi connectivity index (χ2n) is 5.68. The van der Waals surface area contributed by atoms with Crippen LogP contribution in [0.1, 0.15) is 48.5 Å². The SMILES string of the molecule is Cc1ccc(C=NCCCCCCN=Cc2ccc(C)[nH]2)[nH]1. The van der Waals surface area contributed by atoms with Gasteiger partial charge in [0.05, 0.1) is 11.4 Å². The molecule has 2 rings (SSSR count). The summed E-state index contributed by atoms with van der Waals surface area (Å²) in [5.74, 6) is 0. The van der Waals surface area contributed by atoms with Crippen molar-refractivity contribution in [3.05, 3.63) is 47.0 Å². The minimum absolute atomic E-state index is 0.906. The molecular formula is C18H26N4. The molecule has 0 saturated carbocycles. The molecule has 2 aromatic heterocycles. The molecule has 0 amide bonds. The van der Waals surface area contributed by atoms with E-state index in [2.05, 4.69) is 58.1 Å². The second-order valence-corrected chi connectivity index (χ2v) is 5.68. The third-order valence-corrected chi connectivity index (χ3v) is 3.49. The quantitative estimate of drug-likeness (QED) is 0.518. The summed E-state index contributed by atoms with van der Waals surface area (Å²) < 4.78 is 0. The maximum Gasteiger partial charge on any atom is 0.0563 e. The van der Waals surface area contributed by atoms with Crippen LogP contribution in [0.4, 0.5) is 0 Å². The fourth-order valence-electron chi connectivity index (χ4n) is 2.29. The van der Waals surface area contributed by atoms with Crippen molar-refractivity contribution in [2.75, 3.05) is 13.1 Å². The average molecular weight is 298 g/mol. The van der Waals surface area contributed by atoms with E-state index in [1.807, 2.05) is 12.4 Å². The molecule has 0 aliphatic carbocycles. The van der Waals surface area contributed by atoms with Crippen LogP contribution in [0.2, 0.25) is 0 Å². The minimum Gasteiger partial charge on any atom is -0.358 e. The van der Waals surface area contributed by atoms with Gasteiger partial charge in [-0.3, -0.25) is 9.98 Å². The predicted octanol–water partition coefficient (Wildman–Crippen LogP) is 4.06. The molecule has 118 valence electrons. The number of H-pyrrole nitrogens is 2. The number of aryl methyl sites for hydroxylation is 2. The number of aromatic nitrogens is 2. The number of unbranched alkanes of at least 4 members (excludes halogenated alkanes) is 3. The Hall–Kier alpha value is -2.10. The van der Waals surface area contributed by atoms with Crippen LogP contribution in [-0.4, -0.2) is 35.5 Å². The normalized spacial score (nSPS) is 11.9. The van der Waals surface area contributed by atoms with Crippen LogP contribution in [0.3, 0.4) is 0 Å². The second kappa shape index (κ2) is 9.03. The molecule has 0 aliphatic heterocycles. The van der Waals surface area contributed by atoms with E-state index in [1.165, 1.54) is 24.2 Å². The largest absolute Gasteiger partial charge is 0.358 e. The molecule has 0 unspecified atom stereocenters. The Morgan fingerprint density at radius 1 is 0.727 bits per heavy atom. The summed E-state index contributed by atoms with van der Waals surface area (Å²) in [6, 6.07) is 8.25. The van der Waals surface area contributed by atoms with Gasteiger partial charge in [0.25, 0.3) is 0 Å². The van der Waals surface area contributed by atoms with Crippen molar-refractivity contribution < 1.29 is 0 Å². The molecule has 4 nitrogen and oxygen atoms in total. The van der Waals surface area contributed by atoms with Crippen LogP contribution in [0.25, 0.3) is 0 Å². The fourth-order valence-corrected chi connectivity index (χ4v) is 2.29. The number of aliphatic imine (C=N–C) groups is 2. The molecular weight excluding hydrogens is 272 g/mol. The smallest absolute Gasteiger partial charge is 0.0563 e. The molecule has 0 fully saturated rings. The highest BCUT2D eigenvalue weighted by molar-refractivity contribution is 5.77. The summed E-state index contributed by atoms with van der Waals surface area (Å²) in [5.41, 5.74) is 4.53. The summed E-state index contributed by atoms with van der Waals surface area (Å²) in [5, 5.41) is 0. The zero-order valence-electron chi connectivity index (χ0n) is 13.6. The van der Waals surface area contributed by atoms with E-state index in [4.69, 9.17) is 0 Å². The highest BCUT2D eigenvalue weighted by Gasteiger charge is 1.92. The van der Waals surface area contributed by atoms with Gasteiger partial charge in [-0.25, -0.2) is 0 Å². The number of rotatable bonds is 9. The van der Waals surface area contributed by atoms with Gasteiger partial charge in [-0.05, 0) is 51.0 Å². The van der Waals surface area contributed by atoms with E-state index in [9.17, 15) is 0 Å². The minimum atomic E-state index is 0.906. The Bertz CT molecular complexity index is 550. The van der Waals surface area contributed by atoms with Crippen LogP contribution >= 0.6 is 0 Å². The molecule has 22 heavy (non-hydrogen) atoms. The molecule has 0 aromatic carbocycles. The number of hydrogen-bond acceptors (Lipinski definition) is 2. The number of nitrogens with zero attached hydrogens (tertiary/aromatic N) is 2. The van der Waals surface area contributed by atoms with Gasteiger partial charge in [0.2, 0.25) is 0 Å². The average Bonchev–Trinajstić information content (AvgIpc) is 3.09. The molecule has 0 spiro atoms. The zero-order valence-corrected chi connectivity index (χ0v) is 13.6. The van der Waals surface area contributed by atoms with Crippen LogP contribution in [-0.2, 0) is 0 Å². The third kappa shape index (κ3) is 6.12. The molecule has 0 aliphatic rings. The first-order chi connectivity index (χ1) is 10.7. The van der Waals surface area contributed by atoms with E-state index < -0.39 is 0 Å². The van der Waals surface area contributed by atoms with Crippen molar-refractivity contribution in [1.82, 2.24) is 9.97 Å². The maximum atomic E-state index is 4.44. The number of nitrogens with one attached hydrogen (secondary N) is 2. The molecule has 2 aromatic rings. The topological polar surface area (TPSA) is 56.3 Å². The van der Waals surface area contributed by atoms with Crippen molar-refractivity contribution in [2.24, 2.45) is 9.98 Å². The van der Waals surface area contributed by atoms with Gasteiger partial charge in [-0.1, -0.05) is 12.8 Å². The van der Waals surface area contributed by atoms with Gasteiger partial charge >= 0.3 is 0 Å². The van der Waals surface area contributed by atoms with Crippen molar-refractivity contribution in [3.8, 4) is 0 Å². The summed E-state index contributed by atoms with van der Waals surface area (Å²) in [4.78, 5) is 15.4. The van der Waals surface area contributed by atoms with E-state index >= 15 is 0 Å². The first kappa shape index (κ1) is 16.3. The first-order valence-electron chi connectivity index (χ1n) is 8.05. The highest BCUT2D eigenvalue weighted by Crippen LogP contribution is 2.02. The Morgan fingerprint density at radius 2 is 1.18 bits per heavy atom. The van der Waals surface area contributed by atoms with E-state index in [0.29, 0.717) is 0 Å². The lowest BCUT2D eigenvalue weighted by Crippen LogP contribution is -1.88. The molecule has 0 atom stereocenters. The summed E-state index contributed by atoms with van der Waals surface area (Å²) in [6.45, 7) is 5.92. The molecule has 2 heterocycles. The van der Waals surface area contributed by atoms with Gasteiger partial charge in [-0.2, -0.15) is 0 Å². The summed E-state index contributed by atoms with van der Waals surface area (Å²) in [6.07, 6.45) is 8.59. The lowest BCUT2D eigenvalue weighted by Gasteiger charge is -1.97. The highest BCUT2D eigenvalue weighted by atomic mass is 14.8. The van der Waals surface area contributed by atoms with Gasteiger partial charge in [-0.15, -0.1) is 0 Å². The number of hydrogen-bond donors (Lipinski definition) is 2. The Labute approximate surface area is 132 Å². The van der Waals surface area contributed by atoms with E-state index in [0.717, 1.165) is 37.3 Å². The van der Waals surface area contributed by atoms with Gasteiger partial charge in [0.15, 0.2) is 0 Å². The van der Waals surface area contributed by atoms with Gasteiger partial charge < -0.3 is 9.97 Å². The van der Waals surface area contributed by atoms with Crippen LogP contribution in [0.5, 0.6) is 0 Å². The van der Waals surface area contributed by atoms with Crippen molar-refractivity contribution in [1.29, 1.82) is 0 Å². The van der Waals surface area contributed by atoms with Gasteiger partial charge in [0.1, 0.15) is 0 Å². The van der Waals surface area contributed by atoms with Crippen molar-refractivity contribution in [2.45, 2.75) is 39.5 Å². The zero-order chi connectivity index (χ0) is 15.6. The Morgan fingerprint density at radius 3 is 1.55 bits per heavy atom. The summed E-state index contributed by atoms with van der Waals surface area (Å²) in [7, 11) is 0. The van der Waals surface area contributed by atoms with E-state index in [1.54, 1.807) is 0 Å². The van der Waals surface area contributed by atoms with Crippen LogP contribution < -0.4 is 0 Å². The van der Waals surface area contributed by atoms with Crippen LogP contribution in [0.15, 0.2) is 34.3 Å². The monoisotopic (exact) mass is 298 g/mol. The lowest BCUT2D eigenvalue weighted by molar-refractivity contribution is 0.655. The molecule has 0 saturated heterocycles. The third-order valence-electron chi connectivity index (χ3n) is 3.49.